The number of nitriles is 1. The van der Waals surface area contributed by atoms with E-state index in [1.165, 1.54) is 0 Å². The Balaban J connectivity index is 2.61. The van der Waals surface area contributed by atoms with Crippen molar-refractivity contribution < 1.29 is 0 Å². The van der Waals surface area contributed by atoms with Crippen LogP contribution in [0.25, 0.3) is 0 Å². The van der Waals surface area contributed by atoms with Gasteiger partial charge in [-0.1, -0.05) is 0 Å². The predicted octanol–water partition coefficient (Wildman–Crippen LogP) is 1.70. The Morgan fingerprint density at radius 2 is 1.87 bits per heavy atom. The summed E-state index contributed by atoms with van der Waals surface area (Å²) in [6.45, 7) is 12.2. The van der Waals surface area contributed by atoms with E-state index in [2.05, 4.69) is 43.6 Å². The summed E-state index contributed by atoms with van der Waals surface area (Å²) in [7, 11) is 0. The van der Waals surface area contributed by atoms with E-state index < -0.39 is 0 Å². The van der Waals surface area contributed by atoms with E-state index >= 15 is 0 Å². The van der Waals surface area contributed by atoms with E-state index in [1.807, 2.05) is 0 Å². The highest BCUT2D eigenvalue weighted by atomic mass is 15.3. The molecule has 0 saturated carbocycles. The summed E-state index contributed by atoms with van der Waals surface area (Å²) in [5.74, 6) is 0. The van der Waals surface area contributed by atoms with Crippen molar-refractivity contribution in [2.45, 2.75) is 52.2 Å². The molecule has 1 aliphatic rings. The first kappa shape index (κ1) is 12.5. The zero-order chi connectivity index (χ0) is 11.4. The van der Waals surface area contributed by atoms with Crippen LogP contribution in [0, 0.1) is 11.3 Å². The minimum absolute atomic E-state index is 0.422. The summed E-state index contributed by atoms with van der Waals surface area (Å²) in [6.07, 6.45) is 0.654. The molecule has 1 aliphatic heterocycles. The summed E-state index contributed by atoms with van der Waals surface area (Å²) in [5, 5.41) is 8.85. The monoisotopic (exact) mass is 209 g/mol. The third kappa shape index (κ3) is 3.19. The quantitative estimate of drug-likeness (QED) is 0.709. The minimum Gasteiger partial charge on any atom is -0.298 e. The van der Waals surface area contributed by atoms with Crippen molar-refractivity contribution in [3.8, 4) is 6.07 Å². The van der Waals surface area contributed by atoms with Crippen molar-refractivity contribution in [1.29, 1.82) is 5.26 Å². The Bertz CT molecular complexity index is 230. The van der Waals surface area contributed by atoms with E-state index in [0.29, 0.717) is 24.5 Å². The Labute approximate surface area is 93.7 Å². The van der Waals surface area contributed by atoms with Crippen LogP contribution in [0.15, 0.2) is 0 Å². The summed E-state index contributed by atoms with van der Waals surface area (Å²) in [4.78, 5) is 4.93. The van der Waals surface area contributed by atoms with E-state index in [9.17, 15) is 0 Å². The fourth-order valence-electron chi connectivity index (χ4n) is 2.33. The molecule has 0 aromatic rings. The first-order chi connectivity index (χ1) is 7.06. The molecule has 1 fully saturated rings. The van der Waals surface area contributed by atoms with Crippen LogP contribution in [0.4, 0.5) is 0 Å². The molecule has 0 amide bonds. The molecule has 86 valence electrons. The average Bonchev–Trinajstić information content (AvgIpc) is 2.17. The molecule has 0 radical (unpaired) electrons. The molecule has 3 heteroatoms. The van der Waals surface area contributed by atoms with Gasteiger partial charge >= 0.3 is 0 Å². The SMILES string of the molecule is CC(C)N1CCN(C(C)C)C(CC#N)C1. The Kier molecular flexibility index (Phi) is 4.56. The fourth-order valence-corrected chi connectivity index (χ4v) is 2.33. The maximum absolute atomic E-state index is 8.85. The zero-order valence-electron chi connectivity index (χ0n) is 10.4. The normalized spacial score (nSPS) is 24.7. The van der Waals surface area contributed by atoms with Gasteiger partial charge in [0.15, 0.2) is 0 Å². The van der Waals surface area contributed by atoms with E-state index in [0.717, 1.165) is 19.6 Å². The highest BCUT2D eigenvalue weighted by Crippen LogP contribution is 2.17. The lowest BCUT2D eigenvalue weighted by Crippen LogP contribution is -2.56. The van der Waals surface area contributed by atoms with Gasteiger partial charge in [0.05, 0.1) is 12.5 Å². The van der Waals surface area contributed by atoms with Crippen LogP contribution in [0.5, 0.6) is 0 Å². The molecule has 1 unspecified atom stereocenters. The third-order valence-electron chi connectivity index (χ3n) is 3.28. The molecule has 0 bridgehead atoms. The van der Waals surface area contributed by atoms with Crippen molar-refractivity contribution in [3.63, 3.8) is 0 Å². The predicted molar refractivity (Wildman–Crippen MR) is 62.6 cm³/mol. The molecular weight excluding hydrogens is 186 g/mol. The van der Waals surface area contributed by atoms with Gasteiger partial charge in [-0.05, 0) is 27.7 Å². The Morgan fingerprint density at radius 3 is 2.33 bits per heavy atom. The highest BCUT2D eigenvalue weighted by Gasteiger charge is 2.29. The van der Waals surface area contributed by atoms with E-state index in [1.54, 1.807) is 0 Å². The summed E-state index contributed by atoms with van der Waals surface area (Å²) in [5.41, 5.74) is 0. The number of hydrogen-bond donors (Lipinski definition) is 0. The first-order valence-electron chi connectivity index (χ1n) is 5.93. The highest BCUT2D eigenvalue weighted by molar-refractivity contribution is 4.90. The van der Waals surface area contributed by atoms with Gasteiger partial charge in [0.2, 0.25) is 0 Å². The van der Waals surface area contributed by atoms with Crippen molar-refractivity contribution in [2.75, 3.05) is 19.6 Å². The molecule has 0 N–H and O–H groups in total. The van der Waals surface area contributed by atoms with Crippen LogP contribution in [0.1, 0.15) is 34.1 Å². The molecule has 1 atom stereocenters. The topological polar surface area (TPSA) is 30.3 Å². The fraction of sp³-hybridized carbons (Fsp3) is 0.917. The van der Waals surface area contributed by atoms with Gasteiger partial charge in [-0.15, -0.1) is 0 Å². The lowest BCUT2D eigenvalue weighted by Gasteiger charge is -2.44. The number of hydrogen-bond acceptors (Lipinski definition) is 3. The van der Waals surface area contributed by atoms with Crippen LogP contribution in [-0.4, -0.2) is 47.6 Å². The second-order valence-electron chi connectivity index (χ2n) is 4.94. The molecule has 1 rings (SSSR count). The lowest BCUT2D eigenvalue weighted by molar-refractivity contribution is 0.0385. The van der Waals surface area contributed by atoms with Crippen LogP contribution in [0.2, 0.25) is 0 Å². The van der Waals surface area contributed by atoms with Crippen molar-refractivity contribution in [2.24, 2.45) is 0 Å². The van der Waals surface area contributed by atoms with Crippen LogP contribution in [-0.2, 0) is 0 Å². The molecule has 15 heavy (non-hydrogen) atoms. The average molecular weight is 209 g/mol. The summed E-state index contributed by atoms with van der Waals surface area (Å²) in [6, 6.07) is 3.89. The molecule has 0 spiro atoms. The molecule has 0 aromatic carbocycles. The van der Waals surface area contributed by atoms with Gasteiger partial charge in [-0.25, -0.2) is 0 Å². The lowest BCUT2D eigenvalue weighted by atomic mass is 10.1. The van der Waals surface area contributed by atoms with Gasteiger partial charge in [-0.3, -0.25) is 9.80 Å². The van der Waals surface area contributed by atoms with E-state index in [4.69, 9.17) is 5.26 Å². The third-order valence-corrected chi connectivity index (χ3v) is 3.28. The number of piperazine rings is 1. The molecule has 1 saturated heterocycles. The van der Waals surface area contributed by atoms with Gasteiger partial charge in [0.1, 0.15) is 0 Å². The van der Waals surface area contributed by atoms with Crippen molar-refractivity contribution in [1.82, 2.24) is 9.80 Å². The first-order valence-corrected chi connectivity index (χ1v) is 5.93. The minimum atomic E-state index is 0.422. The Morgan fingerprint density at radius 1 is 1.20 bits per heavy atom. The Hall–Kier alpha value is -0.590. The standard InChI is InChI=1S/C12H23N3/c1-10(2)14-7-8-15(11(3)4)12(9-14)5-6-13/h10-12H,5,7-9H2,1-4H3. The van der Waals surface area contributed by atoms with Crippen molar-refractivity contribution >= 4 is 0 Å². The maximum atomic E-state index is 8.85. The number of rotatable bonds is 3. The molecule has 0 aromatic heterocycles. The summed E-state index contributed by atoms with van der Waals surface area (Å²) >= 11 is 0. The van der Waals surface area contributed by atoms with Gasteiger partial charge in [0.25, 0.3) is 0 Å². The second-order valence-corrected chi connectivity index (χ2v) is 4.94. The van der Waals surface area contributed by atoms with Crippen LogP contribution < -0.4 is 0 Å². The largest absolute Gasteiger partial charge is 0.298 e. The van der Waals surface area contributed by atoms with Gasteiger partial charge in [0, 0.05) is 37.8 Å². The molecule has 0 aliphatic carbocycles. The van der Waals surface area contributed by atoms with Crippen LogP contribution >= 0.6 is 0 Å². The second kappa shape index (κ2) is 5.48. The molecular formula is C12H23N3. The zero-order valence-corrected chi connectivity index (χ0v) is 10.4. The van der Waals surface area contributed by atoms with Crippen LogP contribution in [0.3, 0.4) is 0 Å². The summed E-state index contributed by atoms with van der Waals surface area (Å²) < 4.78 is 0. The van der Waals surface area contributed by atoms with Gasteiger partial charge in [-0.2, -0.15) is 5.26 Å². The molecule has 1 heterocycles. The van der Waals surface area contributed by atoms with Gasteiger partial charge < -0.3 is 0 Å². The maximum Gasteiger partial charge on any atom is 0.0638 e. The van der Waals surface area contributed by atoms with Crippen molar-refractivity contribution in [3.05, 3.63) is 0 Å². The van der Waals surface area contributed by atoms with E-state index in [-0.39, 0.29) is 0 Å². The molecule has 3 nitrogen and oxygen atoms in total. The number of nitrogens with zero attached hydrogens (tertiary/aromatic N) is 3. The smallest absolute Gasteiger partial charge is 0.0638 e.